The number of fused-ring (bicyclic) bond motifs is 1. The molecule has 3 aliphatic heterocycles. The molecule has 3 aliphatic rings. The van der Waals surface area contributed by atoms with Gasteiger partial charge in [-0.25, -0.2) is 0 Å². The number of amides is 1. The number of carbonyl (C=O) groups is 1. The lowest BCUT2D eigenvalue weighted by atomic mass is 9.97. The average Bonchev–Trinajstić information content (AvgIpc) is 3.11. The number of benzene rings is 1. The molecule has 3 heterocycles. The molecule has 1 unspecified atom stereocenters. The van der Waals surface area contributed by atoms with Crippen molar-refractivity contribution in [2.75, 3.05) is 51.3 Å². The maximum absolute atomic E-state index is 13.0. The van der Waals surface area contributed by atoms with Gasteiger partial charge in [-0.15, -0.1) is 24.8 Å². The highest BCUT2D eigenvalue weighted by atomic mass is 35.5. The number of carbonyl (C=O) groups excluding carboxylic acids is 1. The Morgan fingerprint density at radius 1 is 1.16 bits per heavy atom. The van der Waals surface area contributed by atoms with Crippen molar-refractivity contribution < 1.29 is 9.53 Å². The summed E-state index contributed by atoms with van der Waals surface area (Å²) in [6, 6.07) is 6.59. The molecule has 0 aliphatic carbocycles. The maximum atomic E-state index is 13.0. The van der Waals surface area contributed by atoms with Gasteiger partial charge >= 0.3 is 0 Å². The van der Waals surface area contributed by atoms with Gasteiger partial charge in [-0.05, 0) is 37.0 Å². The van der Waals surface area contributed by atoms with Crippen molar-refractivity contribution in [2.45, 2.75) is 25.3 Å². The predicted octanol–water partition coefficient (Wildman–Crippen LogP) is 2.44. The Balaban J connectivity index is 0.00000113. The minimum atomic E-state index is 0. The molecule has 1 amide bonds. The van der Waals surface area contributed by atoms with Gasteiger partial charge in [0.15, 0.2) is 0 Å². The van der Waals surface area contributed by atoms with Gasteiger partial charge in [0, 0.05) is 50.0 Å². The number of nitrogens with zero attached hydrogens (tertiary/aromatic N) is 2. The highest BCUT2D eigenvalue weighted by Crippen LogP contribution is 2.27. The van der Waals surface area contributed by atoms with Gasteiger partial charge in [-0.3, -0.25) is 9.69 Å². The van der Waals surface area contributed by atoms with Gasteiger partial charge in [-0.1, -0.05) is 6.07 Å². The van der Waals surface area contributed by atoms with Crippen LogP contribution in [0.25, 0.3) is 0 Å². The molecular formula is C18H27Cl2N3O2. The second kappa shape index (κ2) is 9.08. The fourth-order valence-electron chi connectivity index (χ4n) is 4.05. The molecule has 0 bridgehead atoms. The van der Waals surface area contributed by atoms with Crippen molar-refractivity contribution in [3.05, 3.63) is 29.3 Å². The maximum Gasteiger partial charge on any atom is 0.254 e. The first kappa shape index (κ1) is 20.3. The van der Waals surface area contributed by atoms with E-state index in [-0.39, 0.29) is 30.7 Å². The van der Waals surface area contributed by atoms with Crippen molar-refractivity contribution in [1.82, 2.24) is 9.80 Å². The van der Waals surface area contributed by atoms with Crippen LogP contribution in [0.5, 0.6) is 0 Å². The molecular weight excluding hydrogens is 361 g/mol. The lowest BCUT2D eigenvalue weighted by Crippen LogP contribution is -2.45. The number of rotatable bonds is 2. The predicted molar refractivity (Wildman–Crippen MR) is 104 cm³/mol. The van der Waals surface area contributed by atoms with Crippen LogP contribution in [0, 0.1) is 0 Å². The summed E-state index contributed by atoms with van der Waals surface area (Å²) in [5, 5.41) is 3.42. The minimum Gasteiger partial charge on any atom is -0.385 e. The van der Waals surface area contributed by atoms with Gasteiger partial charge in [0.25, 0.3) is 5.91 Å². The van der Waals surface area contributed by atoms with Crippen molar-refractivity contribution in [2.24, 2.45) is 0 Å². The largest absolute Gasteiger partial charge is 0.385 e. The first-order chi connectivity index (χ1) is 11.3. The Hall–Kier alpha value is -1.01. The summed E-state index contributed by atoms with van der Waals surface area (Å²) >= 11 is 0. The van der Waals surface area contributed by atoms with E-state index in [1.165, 1.54) is 5.56 Å². The molecule has 7 heteroatoms. The first-order valence-electron chi connectivity index (χ1n) is 8.80. The molecule has 0 saturated carbocycles. The molecule has 0 aromatic heterocycles. The van der Waals surface area contributed by atoms with Crippen LogP contribution in [0.4, 0.5) is 5.69 Å². The van der Waals surface area contributed by atoms with Gasteiger partial charge in [0.1, 0.15) is 0 Å². The molecule has 1 atom stereocenters. The quantitative estimate of drug-likeness (QED) is 0.846. The van der Waals surface area contributed by atoms with E-state index >= 15 is 0 Å². The number of ether oxygens (including phenoxy) is 1. The molecule has 1 aromatic carbocycles. The third-order valence-electron chi connectivity index (χ3n) is 5.34. The molecule has 2 fully saturated rings. The van der Waals surface area contributed by atoms with Crippen LogP contribution in [-0.2, 0) is 11.2 Å². The zero-order valence-corrected chi connectivity index (χ0v) is 16.0. The van der Waals surface area contributed by atoms with Crippen molar-refractivity contribution >= 4 is 36.4 Å². The highest BCUT2D eigenvalue weighted by Gasteiger charge is 2.32. The van der Waals surface area contributed by atoms with E-state index in [9.17, 15) is 4.79 Å². The minimum absolute atomic E-state index is 0. The standard InChI is InChI=1S/C18H25N3O2.2ClH/c22-18(16-3-1-5-17-15(16)4-2-7-19-17)21-8-6-14(13-21)20-9-11-23-12-10-20;;/h1,3,5,14,19H,2,4,6-13H2;2*1H. The number of likely N-dealkylation sites (tertiary alicyclic amines) is 1. The number of morpholine rings is 1. The van der Waals surface area contributed by atoms with Crippen LogP contribution in [-0.4, -0.2) is 67.7 Å². The monoisotopic (exact) mass is 387 g/mol. The summed E-state index contributed by atoms with van der Waals surface area (Å²) in [5.41, 5.74) is 3.25. The van der Waals surface area contributed by atoms with Gasteiger partial charge in [0.2, 0.25) is 0 Å². The normalized spacial score (nSPS) is 23.0. The summed E-state index contributed by atoms with van der Waals surface area (Å²) in [6.07, 6.45) is 3.19. The zero-order chi connectivity index (χ0) is 15.6. The second-order valence-corrected chi connectivity index (χ2v) is 6.70. The summed E-state index contributed by atoms with van der Waals surface area (Å²) in [5.74, 6) is 0.210. The zero-order valence-electron chi connectivity index (χ0n) is 14.4. The highest BCUT2D eigenvalue weighted by molar-refractivity contribution is 5.97. The van der Waals surface area contributed by atoms with Crippen LogP contribution in [0.15, 0.2) is 18.2 Å². The lowest BCUT2D eigenvalue weighted by Gasteiger charge is -2.32. The molecule has 0 spiro atoms. The number of hydrogen-bond donors (Lipinski definition) is 1. The van der Waals surface area contributed by atoms with Gasteiger partial charge in [0.05, 0.1) is 13.2 Å². The van der Waals surface area contributed by atoms with Crippen LogP contribution in [0.2, 0.25) is 0 Å². The van der Waals surface area contributed by atoms with Crippen LogP contribution >= 0.6 is 24.8 Å². The molecule has 1 aromatic rings. The summed E-state index contributed by atoms with van der Waals surface area (Å²) in [4.78, 5) is 17.5. The second-order valence-electron chi connectivity index (χ2n) is 6.70. The summed E-state index contributed by atoms with van der Waals surface area (Å²) in [6.45, 7) is 6.38. The molecule has 5 nitrogen and oxygen atoms in total. The van der Waals surface area contributed by atoms with E-state index in [0.29, 0.717) is 6.04 Å². The Morgan fingerprint density at radius 3 is 2.76 bits per heavy atom. The molecule has 2 saturated heterocycles. The fraction of sp³-hybridized carbons (Fsp3) is 0.611. The third-order valence-corrected chi connectivity index (χ3v) is 5.34. The molecule has 0 radical (unpaired) electrons. The summed E-state index contributed by atoms with van der Waals surface area (Å²) < 4.78 is 5.44. The van der Waals surface area contributed by atoms with Crippen molar-refractivity contribution in [1.29, 1.82) is 0 Å². The van der Waals surface area contributed by atoms with Gasteiger partial charge < -0.3 is 15.0 Å². The van der Waals surface area contributed by atoms with E-state index < -0.39 is 0 Å². The first-order valence-corrected chi connectivity index (χ1v) is 8.80. The van der Waals surface area contributed by atoms with Crippen molar-refractivity contribution in [3.63, 3.8) is 0 Å². The van der Waals surface area contributed by atoms with E-state index in [1.807, 2.05) is 17.0 Å². The average molecular weight is 388 g/mol. The lowest BCUT2D eigenvalue weighted by molar-refractivity contribution is 0.0185. The van der Waals surface area contributed by atoms with Crippen LogP contribution < -0.4 is 5.32 Å². The Kier molecular flexibility index (Phi) is 7.37. The van der Waals surface area contributed by atoms with E-state index in [4.69, 9.17) is 4.74 Å². The SMILES string of the molecule is Cl.Cl.O=C(c1cccc2c1CCCN2)N1CCC(N2CCOCC2)C1. The Morgan fingerprint density at radius 2 is 1.96 bits per heavy atom. The Labute approximate surface area is 161 Å². The number of nitrogens with one attached hydrogen (secondary N) is 1. The topological polar surface area (TPSA) is 44.8 Å². The molecule has 25 heavy (non-hydrogen) atoms. The molecule has 140 valence electrons. The summed E-state index contributed by atoms with van der Waals surface area (Å²) in [7, 11) is 0. The van der Waals surface area contributed by atoms with E-state index in [1.54, 1.807) is 0 Å². The third kappa shape index (κ3) is 4.22. The van der Waals surface area contributed by atoms with Crippen LogP contribution in [0.1, 0.15) is 28.8 Å². The van der Waals surface area contributed by atoms with E-state index in [0.717, 1.165) is 76.5 Å². The smallest absolute Gasteiger partial charge is 0.254 e. The number of halogens is 2. The Bertz CT molecular complexity index is 594. The van der Waals surface area contributed by atoms with Crippen molar-refractivity contribution in [3.8, 4) is 0 Å². The fourth-order valence-corrected chi connectivity index (χ4v) is 4.05. The molecule has 1 N–H and O–H groups in total. The van der Waals surface area contributed by atoms with Gasteiger partial charge in [-0.2, -0.15) is 0 Å². The molecule has 4 rings (SSSR count). The number of anilines is 1. The number of hydrogen-bond acceptors (Lipinski definition) is 4. The van der Waals surface area contributed by atoms with Crippen LogP contribution in [0.3, 0.4) is 0 Å². The van der Waals surface area contributed by atoms with E-state index in [2.05, 4.69) is 16.3 Å².